The highest BCUT2D eigenvalue weighted by molar-refractivity contribution is 9.10. The van der Waals surface area contributed by atoms with E-state index in [9.17, 15) is 0 Å². The van der Waals surface area contributed by atoms with Gasteiger partial charge in [-0.3, -0.25) is 0 Å². The van der Waals surface area contributed by atoms with Crippen LogP contribution in [0, 0.1) is 13.8 Å². The van der Waals surface area contributed by atoms with Gasteiger partial charge in [0, 0.05) is 10.5 Å². The molecule has 0 saturated carbocycles. The quantitative estimate of drug-likeness (QED) is 0.829. The summed E-state index contributed by atoms with van der Waals surface area (Å²) in [6.45, 7) is 8.52. The second-order valence-electron chi connectivity index (χ2n) is 3.74. The van der Waals surface area contributed by atoms with E-state index in [1.54, 1.807) is 0 Å². The molecule has 0 fully saturated rings. The van der Waals surface area contributed by atoms with Gasteiger partial charge >= 0.3 is 0 Å². The Labute approximate surface area is 88.7 Å². The first-order valence-electron chi connectivity index (χ1n) is 4.54. The third-order valence-corrected chi connectivity index (χ3v) is 2.49. The van der Waals surface area contributed by atoms with Gasteiger partial charge in [-0.25, -0.2) is 0 Å². The average Bonchev–Trinajstić information content (AvgIpc) is 1.96. The second-order valence-corrected chi connectivity index (χ2v) is 4.59. The van der Waals surface area contributed by atoms with Gasteiger partial charge in [-0.2, -0.15) is 0 Å². The highest BCUT2D eigenvalue weighted by Gasteiger charge is 2.05. The minimum atomic E-state index is 0.470. The molecule has 0 saturated heterocycles. The first kappa shape index (κ1) is 10.6. The molecule has 0 radical (unpaired) electrons. The number of aryl methyl sites for hydroxylation is 2. The van der Waals surface area contributed by atoms with Crippen molar-refractivity contribution in [2.75, 3.05) is 5.32 Å². The molecule has 0 unspecified atom stereocenters. The molecule has 0 aliphatic heterocycles. The molecule has 0 aromatic heterocycles. The molecule has 1 nitrogen and oxygen atoms in total. The molecule has 0 spiro atoms. The number of benzene rings is 1. The summed E-state index contributed by atoms with van der Waals surface area (Å²) in [6, 6.07) is 4.80. The van der Waals surface area contributed by atoms with Crippen LogP contribution in [0.1, 0.15) is 25.0 Å². The zero-order valence-corrected chi connectivity index (χ0v) is 10.2. The minimum Gasteiger partial charge on any atom is -0.382 e. The number of hydrogen-bond donors (Lipinski definition) is 1. The van der Waals surface area contributed by atoms with Crippen LogP contribution in [-0.2, 0) is 0 Å². The number of anilines is 1. The topological polar surface area (TPSA) is 12.0 Å². The monoisotopic (exact) mass is 241 g/mol. The summed E-state index contributed by atoms with van der Waals surface area (Å²) in [6.07, 6.45) is 0. The minimum absolute atomic E-state index is 0.470. The molecule has 13 heavy (non-hydrogen) atoms. The molecule has 0 aliphatic carbocycles. The molecule has 0 bridgehead atoms. The predicted octanol–water partition coefficient (Wildman–Crippen LogP) is 3.89. The summed E-state index contributed by atoms with van der Waals surface area (Å²) >= 11 is 3.56. The molecule has 0 amide bonds. The molecule has 0 heterocycles. The van der Waals surface area contributed by atoms with Crippen LogP contribution < -0.4 is 5.32 Å². The van der Waals surface area contributed by atoms with Gasteiger partial charge in [0.05, 0.1) is 5.69 Å². The van der Waals surface area contributed by atoms with Crippen LogP contribution in [0.3, 0.4) is 0 Å². The summed E-state index contributed by atoms with van der Waals surface area (Å²) in [5, 5.41) is 3.42. The summed E-state index contributed by atoms with van der Waals surface area (Å²) < 4.78 is 1.15. The summed E-state index contributed by atoms with van der Waals surface area (Å²) in [4.78, 5) is 0. The lowest BCUT2D eigenvalue weighted by atomic mass is 10.1. The Morgan fingerprint density at radius 2 is 1.85 bits per heavy atom. The maximum absolute atomic E-state index is 3.56. The lowest BCUT2D eigenvalue weighted by molar-refractivity contribution is 0.896. The largest absolute Gasteiger partial charge is 0.382 e. The molecule has 1 N–H and O–H groups in total. The van der Waals surface area contributed by atoms with Crippen molar-refractivity contribution >= 4 is 21.6 Å². The normalized spacial score (nSPS) is 10.6. The number of halogens is 1. The van der Waals surface area contributed by atoms with E-state index in [0.29, 0.717) is 6.04 Å². The molecule has 1 aromatic carbocycles. The predicted molar refractivity (Wildman–Crippen MR) is 62.4 cm³/mol. The fourth-order valence-electron chi connectivity index (χ4n) is 1.39. The van der Waals surface area contributed by atoms with Gasteiger partial charge in [0.1, 0.15) is 0 Å². The standard InChI is InChI=1S/C11H16BrN/c1-7(2)13-11-9(4)5-8(3)6-10(11)12/h5-7,13H,1-4H3. The van der Waals surface area contributed by atoms with Crippen LogP contribution >= 0.6 is 15.9 Å². The third-order valence-electron chi connectivity index (χ3n) is 1.86. The summed E-state index contributed by atoms with van der Waals surface area (Å²) in [7, 11) is 0. The van der Waals surface area contributed by atoms with Crippen molar-refractivity contribution < 1.29 is 0 Å². The zero-order valence-electron chi connectivity index (χ0n) is 8.61. The van der Waals surface area contributed by atoms with Gasteiger partial charge in [-0.15, -0.1) is 0 Å². The molecule has 72 valence electrons. The summed E-state index contributed by atoms with van der Waals surface area (Å²) in [5.74, 6) is 0. The SMILES string of the molecule is Cc1cc(C)c(NC(C)C)c(Br)c1. The van der Waals surface area contributed by atoms with Gasteiger partial charge in [0.2, 0.25) is 0 Å². The van der Waals surface area contributed by atoms with Crippen molar-refractivity contribution in [3.05, 3.63) is 27.7 Å². The van der Waals surface area contributed by atoms with Gasteiger partial charge < -0.3 is 5.32 Å². The van der Waals surface area contributed by atoms with Crippen molar-refractivity contribution in [3.63, 3.8) is 0 Å². The maximum atomic E-state index is 3.56. The highest BCUT2D eigenvalue weighted by Crippen LogP contribution is 2.28. The van der Waals surface area contributed by atoms with E-state index < -0.39 is 0 Å². The second kappa shape index (κ2) is 4.14. The van der Waals surface area contributed by atoms with Gasteiger partial charge in [-0.1, -0.05) is 6.07 Å². The van der Waals surface area contributed by atoms with Gasteiger partial charge in [0.25, 0.3) is 0 Å². The fourth-order valence-corrected chi connectivity index (χ4v) is 2.18. The summed E-state index contributed by atoms with van der Waals surface area (Å²) in [5.41, 5.74) is 3.79. The van der Waals surface area contributed by atoms with Crippen molar-refractivity contribution in [2.24, 2.45) is 0 Å². The van der Waals surface area contributed by atoms with Crippen LogP contribution in [0.2, 0.25) is 0 Å². The van der Waals surface area contributed by atoms with E-state index in [2.05, 4.69) is 61.1 Å². The van der Waals surface area contributed by atoms with Gasteiger partial charge in [0.15, 0.2) is 0 Å². The molecule has 2 heteroatoms. The lowest BCUT2D eigenvalue weighted by Crippen LogP contribution is -2.11. The number of nitrogens with one attached hydrogen (secondary N) is 1. The highest BCUT2D eigenvalue weighted by atomic mass is 79.9. The van der Waals surface area contributed by atoms with E-state index >= 15 is 0 Å². The molecular formula is C11H16BrN. The Bertz CT molecular complexity index is 282. The Morgan fingerprint density at radius 1 is 1.23 bits per heavy atom. The first-order chi connectivity index (χ1) is 6.00. The van der Waals surface area contributed by atoms with E-state index in [0.717, 1.165) is 4.47 Å². The van der Waals surface area contributed by atoms with E-state index in [4.69, 9.17) is 0 Å². The molecule has 0 aliphatic rings. The van der Waals surface area contributed by atoms with Crippen LogP contribution in [-0.4, -0.2) is 6.04 Å². The van der Waals surface area contributed by atoms with Crippen LogP contribution in [0.4, 0.5) is 5.69 Å². The van der Waals surface area contributed by atoms with E-state index in [1.807, 2.05) is 0 Å². The van der Waals surface area contributed by atoms with E-state index in [1.165, 1.54) is 16.8 Å². The lowest BCUT2D eigenvalue weighted by Gasteiger charge is -2.15. The maximum Gasteiger partial charge on any atom is 0.0516 e. The molecule has 1 rings (SSSR count). The Balaban J connectivity index is 3.06. The van der Waals surface area contributed by atoms with Crippen molar-refractivity contribution in [1.82, 2.24) is 0 Å². The molecule has 0 atom stereocenters. The Morgan fingerprint density at radius 3 is 2.31 bits per heavy atom. The van der Waals surface area contributed by atoms with Crippen molar-refractivity contribution in [1.29, 1.82) is 0 Å². The van der Waals surface area contributed by atoms with Crippen molar-refractivity contribution in [2.45, 2.75) is 33.7 Å². The molecule has 1 aromatic rings. The number of rotatable bonds is 2. The number of hydrogen-bond acceptors (Lipinski definition) is 1. The van der Waals surface area contributed by atoms with Crippen LogP contribution in [0.5, 0.6) is 0 Å². The molecular weight excluding hydrogens is 226 g/mol. The first-order valence-corrected chi connectivity index (χ1v) is 5.33. The Kier molecular flexibility index (Phi) is 3.37. The van der Waals surface area contributed by atoms with Gasteiger partial charge in [-0.05, 0) is 60.8 Å². The van der Waals surface area contributed by atoms with Crippen molar-refractivity contribution in [3.8, 4) is 0 Å². The average molecular weight is 242 g/mol. The third kappa shape index (κ3) is 2.73. The smallest absolute Gasteiger partial charge is 0.0516 e. The van der Waals surface area contributed by atoms with Crippen LogP contribution in [0.15, 0.2) is 16.6 Å². The fraction of sp³-hybridized carbons (Fsp3) is 0.455. The zero-order chi connectivity index (χ0) is 10.0. The Hall–Kier alpha value is -0.500. The van der Waals surface area contributed by atoms with E-state index in [-0.39, 0.29) is 0 Å². The van der Waals surface area contributed by atoms with Crippen LogP contribution in [0.25, 0.3) is 0 Å².